The van der Waals surface area contributed by atoms with Crippen LogP contribution in [0.5, 0.6) is 0 Å². The monoisotopic (exact) mass is 357 g/mol. The maximum Gasteiger partial charge on any atom is 0.291 e. The molecule has 0 radical (unpaired) electrons. The number of nitrogens with one attached hydrogen (secondary N) is 3. The molecule has 1 fully saturated rings. The summed E-state index contributed by atoms with van der Waals surface area (Å²) >= 11 is 0. The molecule has 0 bridgehead atoms. The Hall–Kier alpha value is -2.64. The summed E-state index contributed by atoms with van der Waals surface area (Å²) in [5.41, 5.74) is 0.796. The molecular weight excluding hydrogens is 334 g/mol. The second-order valence-corrected chi connectivity index (χ2v) is 6.43. The number of ether oxygens (including phenoxy) is 1. The van der Waals surface area contributed by atoms with E-state index in [0.29, 0.717) is 18.0 Å². The van der Waals surface area contributed by atoms with E-state index in [4.69, 9.17) is 9.15 Å². The van der Waals surface area contributed by atoms with Gasteiger partial charge in [-0.3, -0.25) is 9.59 Å². The maximum atomic E-state index is 12.8. The maximum absolute atomic E-state index is 12.8. The van der Waals surface area contributed by atoms with Crippen molar-refractivity contribution in [1.29, 1.82) is 0 Å². The zero-order valence-corrected chi connectivity index (χ0v) is 14.7. The first-order chi connectivity index (χ1) is 12.6. The number of hydrogen-bond donors (Lipinski definition) is 3. The van der Waals surface area contributed by atoms with E-state index >= 15 is 0 Å². The number of methoxy groups -OCH3 is 1. The number of piperidine rings is 1. The summed E-state index contributed by atoms with van der Waals surface area (Å²) in [5.74, 6) is -0.108. The van der Waals surface area contributed by atoms with Crippen molar-refractivity contribution in [2.75, 3.05) is 37.4 Å². The van der Waals surface area contributed by atoms with Gasteiger partial charge in [0.15, 0.2) is 5.76 Å². The molecular formula is C19H23N3O4. The molecule has 1 aromatic heterocycles. The minimum absolute atomic E-state index is 0.0341. The van der Waals surface area contributed by atoms with Gasteiger partial charge in [0, 0.05) is 18.5 Å². The van der Waals surface area contributed by atoms with Gasteiger partial charge in [0.2, 0.25) is 5.91 Å². The minimum Gasteiger partial charge on any atom is -0.459 e. The Morgan fingerprint density at radius 2 is 1.77 bits per heavy atom. The van der Waals surface area contributed by atoms with E-state index < -0.39 is 5.41 Å². The molecule has 7 heteroatoms. The van der Waals surface area contributed by atoms with Crippen LogP contribution in [0.1, 0.15) is 23.4 Å². The highest BCUT2D eigenvalue weighted by molar-refractivity contribution is 6.02. The molecule has 138 valence electrons. The van der Waals surface area contributed by atoms with Crippen molar-refractivity contribution < 1.29 is 18.7 Å². The molecule has 1 aromatic carbocycles. The number of carbonyl (C=O) groups is 2. The second-order valence-electron chi connectivity index (χ2n) is 6.43. The molecule has 1 aliphatic rings. The van der Waals surface area contributed by atoms with Crippen LogP contribution in [0.25, 0.3) is 0 Å². The van der Waals surface area contributed by atoms with Gasteiger partial charge >= 0.3 is 0 Å². The summed E-state index contributed by atoms with van der Waals surface area (Å²) in [7, 11) is 1.62. The highest BCUT2D eigenvalue weighted by Gasteiger charge is 2.39. The van der Waals surface area contributed by atoms with Gasteiger partial charge in [0.25, 0.3) is 5.91 Å². The summed E-state index contributed by atoms with van der Waals surface area (Å²) in [6.07, 6.45) is 2.93. The summed E-state index contributed by atoms with van der Waals surface area (Å²) < 4.78 is 10.4. The molecule has 0 aliphatic carbocycles. The average molecular weight is 357 g/mol. The van der Waals surface area contributed by atoms with E-state index in [9.17, 15) is 9.59 Å². The van der Waals surface area contributed by atoms with E-state index in [0.717, 1.165) is 25.9 Å². The topological polar surface area (TPSA) is 92.6 Å². The van der Waals surface area contributed by atoms with E-state index in [2.05, 4.69) is 16.0 Å². The zero-order chi connectivity index (χ0) is 18.4. The Morgan fingerprint density at radius 3 is 2.35 bits per heavy atom. The van der Waals surface area contributed by atoms with Crippen LogP contribution >= 0.6 is 0 Å². The fraction of sp³-hybridized carbons (Fsp3) is 0.368. The van der Waals surface area contributed by atoms with Crippen molar-refractivity contribution in [3.63, 3.8) is 0 Å². The van der Waals surface area contributed by atoms with Gasteiger partial charge < -0.3 is 25.1 Å². The van der Waals surface area contributed by atoms with Crippen molar-refractivity contribution >= 4 is 23.2 Å². The van der Waals surface area contributed by atoms with Gasteiger partial charge in [0.05, 0.1) is 18.3 Å². The van der Waals surface area contributed by atoms with E-state index in [1.807, 2.05) is 0 Å². The molecule has 7 nitrogen and oxygen atoms in total. The van der Waals surface area contributed by atoms with Crippen molar-refractivity contribution in [3.8, 4) is 0 Å². The number of carbonyl (C=O) groups excluding carboxylic acids is 2. The van der Waals surface area contributed by atoms with Gasteiger partial charge in [0.1, 0.15) is 0 Å². The lowest BCUT2D eigenvalue weighted by atomic mass is 9.78. The van der Waals surface area contributed by atoms with Crippen molar-refractivity contribution in [3.05, 3.63) is 48.4 Å². The predicted molar refractivity (Wildman–Crippen MR) is 98.1 cm³/mol. The van der Waals surface area contributed by atoms with Crippen molar-refractivity contribution in [2.45, 2.75) is 12.8 Å². The lowest BCUT2D eigenvalue weighted by Crippen LogP contribution is -2.47. The van der Waals surface area contributed by atoms with Crippen LogP contribution in [0, 0.1) is 5.41 Å². The molecule has 2 heterocycles. The summed E-state index contributed by atoms with van der Waals surface area (Å²) in [5, 5.41) is 8.98. The Bertz CT molecular complexity index is 729. The average Bonchev–Trinajstić information content (AvgIpc) is 3.19. The lowest BCUT2D eigenvalue weighted by Gasteiger charge is -2.35. The fourth-order valence-electron chi connectivity index (χ4n) is 3.12. The first-order valence-electron chi connectivity index (χ1n) is 8.59. The van der Waals surface area contributed by atoms with Crippen LogP contribution in [0.4, 0.5) is 11.4 Å². The number of rotatable bonds is 6. The molecule has 0 saturated carbocycles. The molecule has 1 saturated heterocycles. The molecule has 2 aromatic rings. The van der Waals surface area contributed by atoms with E-state index in [1.54, 1.807) is 43.5 Å². The molecule has 2 amide bonds. The molecule has 0 spiro atoms. The first-order valence-corrected chi connectivity index (χ1v) is 8.59. The second kappa shape index (κ2) is 8.16. The van der Waals surface area contributed by atoms with Crippen LogP contribution in [0.15, 0.2) is 47.1 Å². The molecule has 26 heavy (non-hydrogen) atoms. The Morgan fingerprint density at radius 1 is 1.12 bits per heavy atom. The zero-order valence-electron chi connectivity index (χ0n) is 14.7. The summed E-state index contributed by atoms with van der Waals surface area (Å²) in [4.78, 5) is 24.8. The number of anilines is 2. The third-order valence-corrected chi connectivity index (χ3v) is 4.61. The number of amides is 2. The largest absolute Gasteiger partial charge is 0.459 e. The van der Waals surface area contributed by atoms with E-state index in [1.165, 1.54) is 6.26 Å². The number of furan rings is 1. The van der Waals surface area contributed by atoms with Gasteiger partial charge in [-0.2, -0.15) is 0 Å². The van der Waals surface area contributed by atoms with Crippen molar-refractivity contribution in [2.24, 2.45) is 5.41 Å². The predicted octanol–water partition coefficient (Wildman–Crippen LogP) is 2.49. The van der Waals surface area contributed by atoms with Crippen LogP contribution in [0.2, 0.25) is 0 Å². The number of hydrogen-bond acceptors (Lipinski definition) is 5. The highest BCUT2D eigenvalue weighted by Crippen LogP contribution is 2.31. The van der Waals surface area contributed by atoms with Gasteiger partial charge in [-0.05, 0) is 62.3 Å². The molecule has 0 atom stereocenters. The van der Waals surface area contributed by atoms with E-state index in [-0.39, 0.29) is 17.6 Å². The standard InChI is InChI=1S/C19H23N3O4/c1-25-13-19(8-10-20-11-9-19)18(24)22-15-6-4-14(5-7-15)21-17(23)16-3-2-12-26-16/h2-7,12,20H,8-11,13H2,1H3,(H,21,23)(H,22,24). The van der Waals surface area contributed by atoms with Crippen LogP contribution < -0.4 is 16.0 Å². The van der Waals surface area contributed by atoms with Gasteiger partial charge in [-0.15, -0.1) is 0 Å². The normalized spacial score (nSPS) is 16.0. The SMILES string of the molecule is COCC1(C(=O)Nc2ccc(NC(=O)c3ccco3)cc2)CCNCC1. The third kappa shape index (κ3) is 4.12. The molecule has 0 unspecified atom stereocenters. The summed E-state index contributed by atoms with van der Waals surface area (Å²) in [6.45, 7) is 2.00. The number of benzene rings is 1. The van der Waals surface area contributed by atoms with Gasteiger partial charge in [-0.1, -0.05) is 0 Å². The van der Waals surface area contributed by atoms with Crippen LogP contribution in [-0.4, -0.2) is 38.6 Å². The fourth-order valence-corrected chi connectivity index (χ4v) is 3.12. The quantitative estimate of drug-likeness (QED) is 0.739. The molecule has 3 rings (SSSR count). The molecule has 1 aliphatic heterocycles. The molecule has 3 N–H and O–H groups in total. The Kier molecular flexibility index (Phi) is 5.70. The lowest BCUT2D eigenvalue weighted by molar-refractivity contribution is -0.130. The smallest absolute Gasteiger partial charge is 0.291 e. The highest BCUT2D eigenvalue weighted by atomic mass is 16.5. The third-order valence-electron chi connectivity index (χ3n) is 4.61. The van der Waals surface area contributed by atoms with Crippen LogP contribution in [-0.2, 0) is 9.53 Å². The van der Waals surface area contributed by atoms with Gasteiger partial charge in [-0.25, -0.2) is 0 Å². The van der Waals surface area contributed by atoms with Crippen LogP contribution in [0.3, 0.4) is 0 Å². The Balaban J connectivity index is 1.63. The first kappa shape index (κ1) is 18.2. The van der Waals surface area contributed by atoms with Crippen molar-refractivity contribution in [1.82, 2.24) is 5.32 Å². The summed E-state index contributed by atoms with van der Waals surface area (Å²) in [6, 6.07) is 10.3. The minimum atomic E-state index is -0.508. The Labute approximate surface area is 152 Å².